The molecule has 3 fully saturated rings. The van der Waals surface area contributed by atoms with E-state index in [1.165, 1.54) is 11.3 Å². The summed E-state index contributed by atoms with van der Waals surface area (Å²) in [6.07, 6.45) is 2.68. The topological polar surface area (TPSA) is 113 Å². The van der Waals surface area contributed by atoms with E-state index in [2.05, 4.69) is 15.2 Å². The van der Waals surface area contributed by atoms with E-state index in [1.54, 1.807) is 19.2 Å². The number of nitrogens with zero attached hydrogens (tertiary/aromatic N) is 3. The molecule has 0 amide bonds. The van der Waals surface area contributed by atoms with Crippen molar-refractivity contribution in [2.75, 3.05) is 26.4 Å². The van der Waals surface area contributed by atoms with Crippen molar-refractivity contribution in [2.45, 2.75) is 37.9 Å². The molecule has 2 aromatic rings. The molecule has 1 aliphatic carbocycles. The predicted molar refractivity (Wildman–Crippen MR) is 138 cm³/mol. The molecule has 4 heterocycles. The number of carboxylic acids is 1. The quantitative estimate of drug-likeness (QED) is 0.489. The van der Waals surface area contributed by atoms with Crippen molar-refractivity contribution in [3.8, 4) is 0 Å². The number of hydrogen-bond donors (Lipinski definition) is 2. The number of likely N-dealkylation sites (tertiary alicyclic amines) is 1. The Labute approximate surface area is 223 Å². The van der Waals surface area contributed by atoms with Gasteiger partial charge in [-0.3, -0.25) is 14.7 Å². The van der Waals surface area contributed by atoms with E-state index in [1.807, 2.05) is 23.6 Å². The van der Waals surface area contributed by atoms with Gasteiger partial charge in [0.2, 0.25) is 0 Å². The first-order valence-corrected chi connectivity index (χ1v) is 13.6. The lowest BCUT2D eigenvalue weighted by atomic mass is 9.46. The largest absolute Gasteiger partial charge is 0.481 e. The standard InChI is InChI=1S/C26H27ClN4O5S/c1-2-36-25(34)21-17(11-31-18-9-14(10-20(32)33)26(18)13-35-12-19(26)31)29-23(24-28-7-8-37-24)30-22(21)15-5-3-4-6-16(15)27/h3-8,14,18-19,22H,2,9-13H2,1H3,(H,29,30)(H,32,33)/t14?,18?,19?,22-,26?/m0/s1. The number of esters is 1. The second kappa shape index (κ2) is 9.50. The van der Waals surface area contributed by atoms with E-state index in [0.717, 1.165) is 6.42 Å². The molecule has 1 saturated carbocycles. The summed E-state index contributed by atoms with van der Waals surface area (Å²) in [5, 5.41) is 15.9. The molecule has 6 rings (SSSR count). The van der Waals surface area contributed by atoms with Gasteiger partial charge in [0.05, 0.1) is 25.4 Å². The maximum absolute atomic E-state index is 13.4. The molecule has 4 aliphatic rings. The number of aromatic nitrogens is 1. The minimum atomic E-state index is -0.768. The Bertz CT molecular complexity index is 1300. The van der Waals surface area contributed by atoms with Crippen LogP contribution in [0.4, 0.5) is 0 Å². The van der Waals surface area contributed by atoms with Crippen molar-refractivity contribution in [3.63, 3.8) is 0 Å². The lowest BCUT2D eigenvalue weighted by Crippen LogP contribution is -2.80. The summed E-state index contributed by atoms with van der Waals surface area (Å²) < 4.78 is 11.4. The lowest BCUT2D eigenvalue weighted by molar-refractivity contribution is -0.222. The van der Waals surface area contributed by atoms with Gasteiger partial charge in [-0.05, 0) is 25.3 Å². The molecule has 2 N–H and O–H groups in total. The zero-order chi connectivity index (χ0) is 25.7. The number of amidine groups is 1. The normalized spacial score (nSPS) is 30.4. The monoisotopic (exact) mass is 542 g/mol. The highest BCUT2D eigenvalue weighted by atomic mass is 35.5. The average Bonchev–Trinajstić information content (AvgIpc) is 3.56. The van der Waals surface area contributed by atoms with Crippen LogP contribution in [0.1, 0.15) is 36.4 Å². The fourth-order valence-corrected chi connectivity index (χ4v) is 7.36. The Morgan fingerprint density at radius 3 is 2.92 bits per heavy atom. The summed E-state index contributed by atoms with van der Waals surface area (Å²) in [7, 11) is 0. The molecular weight excluding hydrogens is 516 g/mol. The van der Waals surface area contributed by atoms with Crippen LogP contribution in [-0.4, -0.2) is 71.2 Å². The zero-order valence-electron chi connectivity index (χ0n) is 20.2. The number of carboxylic acid groups (broad SMARTS) is 1. The summed E-state index contributed by atoms with van der Waals surface area (Å²) in [5.41, 5.74) is 1.72. The van der Waals surface area contributed by atoms with Crippen molar-refractivity contribution >= 4 is 40.7 Å². The first-order valence-electron chi connectivity index (χ1n) is 12.4. The molecule has 0 radical (unpaired) electrons. The number of rotatable bonds is 8. The molecule has 9 nitrogen and oxygen atoms in total. The first kappa shape index (κ1) is 24.5. The van der Waals surface area contributed by atoms with E-state index in [-0.39, 0.29) is 36.4 Å². The van der Waals surface area contributed by atoms with Gasteiger partial charge in [-0.2, -0.15) is 0 Å². The number of nitrogens with one attached hydrogen (secondary N) is 1. The van der Waals surface area contributed by atoms with Gasteiger partial charge < -0.3 is 19.9 Å². The molecule has 4 unspecified atom stereocenters. The number of aliphatic imine (C=N–C) groups is 1. The Morgan fingerprint density at radius 2 is 2.19 bits per heavy atom. The van der Waals surface area contributed by atoms with Crippen LogP contribution in [0, 0.1) is 11.3 Å². The van der Waals surface area contributed by atoms with Crippen molar-refractivity contribution in [1.29, 1.82) is 0 Å². The number of thiazole rings is 1. The van der Waals surface area contributed by atoms with Gasteiger partial charge in [-0.15, -0.1) is 11.3 Å². The van der Waals surface area contributed by atoms with E-state index < -0.39 is 18.0 Å². The van der Waals surface area contributed by atoms with Crippen LogP contribution in [0.15, 0.2) is 52.1 Å². The summed E-state index contributed by atoms with van der Waals surface area (Å²) in [6, 6.07) is 7.04. The number of halogens is 1. The van der Waals surface area contributed by atoms with Crippen LogP contribution in [0.2, 0.25) is 5.02 Å². The number of ether oxygens (including phenoxy) is 2. The van der Waals surface area contributed by atoms with Crippen molar-refractivity contribution in [3.05, 3.63) is 62.7 Å². The van der Waals surface area contributed by atoms with E-state index in [0.29, 0.717) is 52.5 Å². The van der Waals surface area contributed by atoms with E-state index in [4.69, 9.17) is 26.1 Å². The van der Waals surface area contributed by atoms with Crippen molar-refractivity contribution in [2.24, 2.45) is 16.3 Å². The third kappa shape index (κ3) is 3.89. The highest BCUT2D eigenvalue weighted by molar-refractivity contribution is 7.11. The van der Waals surface area contributed by atoms with Crippen LogP contribution in [0.3, 0.4) is 0 Å². The molecule has 2 saturated heterocycles. The Morgan fingerprint density at radius 1 is 1.35 bits per heavy atom. The summed E-state index contributed by atoms with van der Waals surface area (Å²) in [4.78, 5) is 36.5. The number of carbonyl (C=O) groups is 2. The Balaban J connectivity index is 1.38. The van der Waals surface area contributed by atoms with Gasteiger partial charge >= 0.3 is 11.9 Å². The van der Waals surface area contributed by atoms with Crippen LogP contribution in [-0.2, 0) is 19.1 Å². The van der Waals surface area contributed by atoms with Crippen LogP contribution < -0.4 is 5.32 Å². The molecular formula is C26H27ClN4O5S. The number of hydrogen-bond acceptors (Lipinski definition) is 9. The SMILES string of the molecule is CCOC(=O)C1=C(CN2C3COCC34C(CC(=O)O)CC24)NC(c2nccs2)=N[C@H]1c1ccccc1Cl. The van der Waals surface area contributed by atoms with Gasteiger partial charge in [0.25, 0.3) is 0 Å². The van der Waals surface area contributed by atoms with Crippen LogP contribution in [0.5, 0.6) is 0 Å². The maximum atomic E-state index is 13.4. The fourth-order valence-electron chi connectivity index (χ4n) is 6.54. The highest BCUT2D eigenvalue weighted by Crippen LogP contribution is 2.65. The second-order valence-corrected chi connectivity index (χ2v) is 11.1. The molecule has 3 aliphatic heterocycles. The van der Waals surface area contributed by atoms with E-state index in [9.17, 15) is 14.7 Å². The zero-order valence-corrected chi connectivity index (χ0v) is 21.8. The van der Waals surface area contributed by atoms with Crippen LogP contribution in [0.25, 0.3) is 0 Å². The molecule has 37 heavy (non-hydrogen) atoms. The minimum absolute atomic E-state index is 0.106. The van der Waals surface area contributed by atoms with Gasteiger partial charge in [-0.1, -0.05) is 29.8 Å². The van der Waals surface area contributed by atoms with E-state index >= 15 is 0 Å². The van der Waals surface area contributed by atoms with Crippen LogP contribution >= 0.6 is 22.9 Å². The first-order chi connectivity index (χ1) is 17.9. The fraction of sp³-hybridized carbons (Fsp3) is 0.462. The Kier molecular flexibility index (Phi) is 6.30. The Hall–Kier alpha value is -2.79. The number of benzene rings is 1. The number of aliphatic carboxylic acids is 1. The van der Waals surface area contributed by atoms with Gasteiger partial charge in [0.1, 0.15) is 6.04 Å². The maximum Gasteiger partial charge on any atom is 0.338 e. The molecule has 11 heteroatoms. The third-order valence-electron chi connectivity index (χ3n) is 8.15. The third-order valence-corrected chi connectivity index (χ3v) is 9.28. The molecule has 1 spiro atoms. The van der Waals surface area contributed by atoms with Gasteiger partial charge in [-0.25, -0.2) is 9.78 Å². The van der Waals surface area contributed by atoms with Gasteiger partial charge in [0, 0.05) is 58.3 Å². The van der Waals surface area contributed by atoms with Crippen molar-refractivity contribution in [1.82, 2.24) is 15.2 Å². The van der Waals surface area contributed by atoms with Crippen molar-refractivity contribution < 1.29 is 24.2 Å². The average molecular weight is 543 g/mol. The lowest BCUT2D eigenvalue weighted by Gasteiger charge is -2.71. The molecule has 1 aromatic heterocycles. The summed E-state index contributed by atoms with van der Waals surface area (Å²) in [6.45, 7) is 3.61. The second-order valence-electron chi connectivity index (χ2n) is 9.84. The number of piperidine rings is 1. The molecule has 5 atom stereocenters. The predicted octanol–water partition coefficient (Wildman–Crippen LogP) is 3.27. The smallest absolute Gasteiger partial charge is 0.338 e. The molecule has 0 bridgehead atoms. The molecule has 194 valence electrons. The van der Waals surface area contributed by atoms with Gasteiger partial charge in [0.15, 0.2) is 10.8 Å². The number of carbonyl (C=O) groups excluding carboxylic acids is 1. The summed E-state index contributed by atoms with van der Waals surface area (Å²) >= 11 is 8.06. The minimum Gasteiger partial charge on any atom is -0.481 e. The highest BCUT2D eigenvalue weighted by Gasteiger charge is 2.73. The molecule has 1 aromatic carbocycles. The summed E-state index contributed by atoms with van der Waals surface area (Å²) in [5.74, 6) is -0.520.